The van der Waals surface area contributed by atoms with Gasteiger partial charge in [-0.3, -0.25) is 9.69 Å². The first-order valence-electron chi connectivity index (χ1n) is 10.1. The number of furan rings is 1. The second-order valence-electron chi connectivity index (χ2n) is 7.37. The van der Waals surface area contributed by atoms with Crippen LogP contribution in [0.25, 0.3) is 11.3 Å². The number of thioether (sulfide) groups is 1. The van der Waals surface area contributed by atoms with Crippen LogP contribution in [0.4, 0.5) is 0 Å². The highest BCUT2D eigenvalue weighted by Gasteiger charge is 2.37. The molecule has 4 rings (SSSR count). The molecule has 1 saturated heterocycles. The molecule has 2 heterocycles. The molecular weight excluding hydrogens is 486 g/mol. The fourth-order valence-electron chi connectivity index (χ4n) is 3.39. The van der Waals surface area contributed by atoms with Crippen molar-refractivity contribution < 1.29 is 9.21 Å². The lowest BCUT2D eigenvalue weighted by Crippen LogP contribution is -2.32. The molecule has 7 heteroatoms. The van der Waals surface area contributed by atoms with Crippen LogP contribution in [-0.2, 0) is 11.2 Å². The van der Waals surface area contributed by atoms with Crippen LogP contribution in [0.5, 0.6) is 0 Å². The summed E-state index contributed by atoms with van der Waals surface area (Å²) in [6.07, 6.45) is 3.90. The molecule has 1 atom stereocenters. The quantitative estimate of drug-likeness (QED) is 0.221. The molecule has 0 aliphatic carbocycles. The Labute approximate surface area is 200 Å². The van der Waals surface area contributed by atoms with Gasteiger partial charge in [-0.1, -0.05) is 75.7 Å². The van der Waals surface area contributed by atoms with Gasteiger partial charge >= 0.3 is 0 Å². The zero-order valence-electron chi connectivity index (χ0n) is 17.6. The van der Waals surface area contributed by atoms with E-state index in [2.05, 4.69) is 51.8 Å². The number of rotatable bonds is 7. The summed E-state index contributed by atoms with van der Waals surface area (Å²) >= 11 is 4.87. The van der Waals surface area contributed by atoms with Gasteiger partial charge in [0.2, 0.25) is 5.91 Å². The van der Waals surface area contributed by atoms with Gasteiger partial charge in [0.1, 0.15) is 11.5 Å². The molecule has 0 unspecified atom stereocenters. The molecule has 0 bridgehead atoms. The number of benzene rings is 2. The van der Waals surface area contributed by atoms with E-state index in [4.69, 9.17) is 4.42 Å². The number of carbonyl (C=O) groups is 1. The maximum absolute atomic E-state index is 12.9. The topological polar surface area (TPSA) is 58.2 Å². The molecule has 2 aromatic carbocycles. The van der Waals surface area contributed by atoms with Crippen LogP contribution in [0.1, 0.15) is 16.9 Å². The van der Waals surface area contributed by atoms with Gasteiger partial charge in [0.05, 0.1) is 11.5 Å². The molecule has 1 fully saturated rings. The highest BCUT2D eigenvalue weighted by atomic mass is 79.9. The van der Waals surface area contributed by atoms with E-state index in [1.54, 1.807) is 17.2 Å². The van der Waals surface area contributed by atoms with E-state index in [1.807, 2.05) is 48.5 Å². The zero-order chi connectivity index (χ0) is 22.5. The predicted octanol–water partition coefficient (Wildman–Crippen LogP) is 6.08. The van der Waals surface area contributed by atoms with Crippen molar-refractivity contribution >= 4 is 45.0 Å². The third-order valence-electron chi connectivity index (χ3n) is 4.92. The number of aryl methyl sites for hydroxylation is 1. The monoisotopic (exact) mass is 507 g/mol. The SMILES string of the molecule is C=CCN1C(=O)[C@H](Cc2cccc(C)c2)S/C1=N\N=C/c1ccc(-c2ccc(Br)cc2)o1. The highest BCUT2D eigenvalue weighted by Crippen LogP contribution is 2.30. The van der Waals surface area contributed by atoms with Crippen molar-refractivity contribution in [3.63, 3.8) is 0 Å². The molecule has 0 saturated carbocycles. The lowest BCUT2D eigenvalue weighted by Gasteiger charge is -2.12. The average molecular weight is 508 g/mol. The van der Waals surface area contributed by atoms with E-state index < -0.39 is 0 Å². The fourth-order valence-corrected chi connectivity index (χ4v) is 4.80. The van der Waals surface area contributed by atoms with Gasteiger partial charge in [0.15, 0.2) is 5.17 Å². The normalized spacial score (nSPS) is 17.6. The molecule has 1 aliphatic heterocycles. The third-order valence-corrected chi connectivity index (χ3v) is 6.61. The van der Waals surface area contributed by atoms with Crippen LogP contribution >= 0.6 is 27.7 Å². The summed E-state index contributed by atoms with van der Waals surface area (Å²) in [4.78, 5) is 14.5. The molecule has 32 heavy (non-hydrogen) atoms. The number of amides is 1. The summed E-state index contributed by atoms with van der Waals surface area (Å²) in [7, 11) is 0. The van der Waals surface area contributed by atoms with Crippen molar-refractivity contribution in [2.75, 3.05) is 6.54 Å². The zero-order valence-corrected chi connectivity index (χ0v) is 20.0. The number of halogens is 1. The average Bonchev–Trinajstić information content (AvgIpc) is 3.35. The Morgan fingerprint density at radius 1 is 1.19 bits per heavy atom. The number of nitrogens with zero attached hydrogens (tertiary/aromatic N) is 3. The molecule has 0 N–H and O–H groups in total. The van der Waals surface area contributed by atoms with Gasteiger partial charge in [-0.05, 0) is 43.2 Å². The second-order valence-corrected chi connectivity index (χ2v) is 9.46. The second kappa shape index (κ2) is 10.1. The van der Waals surface area contributed by atoms with Crippen molar-refractivity contribution in [1.29, 1.82) is 0 Å². The van der Waals surface area contributed by atoms with E-state index >= 15 is 0 Å². The van der Waals surface area contributed by atoms with Crippen LogP contribution in [0.15, 0.2) is 92.4 Å². The Morgan fingerprint density at radius 3 is 2.75 bits per heavy atom. The van der Waals surface area contributed by atoms with Crippen LogP contribution in [-0.4, -0.2) is 34.0 Å². The summed E-state index contributed by atoms with van der Waals surface area (Å²) in [5, 5.41) is 8.84. The predicted molar refractivity (Wildman–Crippen MR) is 135 cm³/mol. The van der Waals surface area contributed by atoms with Crippen LogP contribution in [0, 0.1) is 6.92 Å². The number of carbonyl (C=O) groups excluding carboxylic acids is 1. The number of amidine groups is 1. The summed E-state index contributed by atoms with van der Waals surface area (Å²) in [6, 6.07) is 19.9. The molecule has 162 valence electrons. The Morgan fingerprint density at radius 2 is 2.00 bits per heavy atom. The van der Waals surface area contributed by atoms with E-state index in [-0.39, 0.29) is 11.2 Å². The van der Waals surface area contributed by atoms with Gasteiger partial charge in [-0.2, -0.15) is 5.10 Å². The van der Waals surface area contributed by atoms with E-state index in [9.17, 15) is 4.79 Å². The maximum atomic E-state index is 12.9. The van der Waals surface area contributed by atoms with E-state index in [0.29, 0.717) is 23.9 Å². The first-order valence-corrected chi connectivity index (χ1v) is 11.8. The van der Waals surface area contributed by atoms with Crippen LogP contribution < -0.4 is 0 Å². The van der Waals surface area contributed by atoms with E-state index in [1.165, 1.54) is 17.3 Å². The molecule has 1 aromatic heterocycles. The summed E-state index contributed by atoms with van der Waals surface area (Å²) < 4.78 is 6.86. The van der Waals surface area contributed by atoms with Gasteiger partial charge in [0, 0.05) is 16.6 Å². The molecule has 1 aliphatic rings. The summed E-state index contributed by atoms with van der Waals surface area (Å²) in [6.45, 7) is 6.22. The minimum absolute atomic E-state index is 0.0286. The molecule has 0 radical (unpaired) electrons. The van der Waals surface area contributed by atoms with E-state index in [0.717, 1.165) is 21.4 Å². The number of hydrogen-bond acceptors (Lipinski definition) is 5. The van der Waals surface area contributed by atoms with Gasteiger partial charge < -0.3 is 4.42 Å². The molecule has 3 aromatic rings. The maximum Gasteiger partial charge on any atom is 0.242 e. The largest absolute Gasteiger partial charge is 0.455 e. The smallest absolute Gasteiger partial charge is 0.242 e. The molecular formula is C25H22BrN3O2S. The Balaban J connectivity index is 1.48. The van der Waals surface area contributed by atoms with Crippen molar-refractivity contribution in [1.82, 2.24) is 4.90 Å². The van der Waals surface area contributed by atoms with Crippen LogP contribution in [0.2, 0.25) is 0 Å². The van der Waals surface area contributed by atoms with Gasteiger partial charge in [0.25, 0.3) is 0 Å². The number of hydrogen-bond donors (Lipinski definition) is 0. The first-order chi connectivity index (χ1) is 15.5. The Kier molecular flexibility index (Phi) is 7.07. The van der Waals surface area contributed by atoms with Gasteiger partial charge in [-0.15, -0.1) is 11.7 Å². The lowest BCUT2D eigenvalue weighted by molar-refractivity contribution is -0.125. The van der Waals surface area contributed by atoms with Crippen molar-refractivity contribution in [2.45, 2.75) is 18.6 Å². The molecule has 5 nitrogen and oxygen atoms in total. The van der Waals surface area contributed by atoms with Gasteiger partial charge in [-0.25, -0.2) is 0 Å². The first kappa shape index (κ1) is 22.3. The fraction of sp³-hybridized carbons (Fsp3) is 0.160. The Hall–Kier alpha value is -2.90. The third kappa shape index (κ3) is 5.29. The highest BCUT2D eigenvalue weighted by molar-refractivity contribution is 9.10. The standard InChI is InChI=1S/C25H22BrN3O2S/c1-3-13-29-24(30)23(15-18-6-4-5-17(2)14-18)32-25(29)28-27-16-21-11-12-22(31-21)19-7-9-20(26)10-8-19/h3-12,14,16,23H,1,13,15H2,2H3/b27-16-,28-25-/t23-/m0/s1. The minimum atomic E-state index is -0.224. The molecule has 0 spiro atoms. The summed E-state index contributed by atoms with van der Waals surface area (Å²) in [5.74, 6) is 1.37. The van der Waals surface area contributed by atoms with Crippen molar-refractivity contribution in [3.8, 4) is 11.3 Å². The van der Waals surface area contributed by atoms with Crippen LogP contribution in [0.3, 0.4) is 0 Å². The summed E-state index contributed by atoms with van der Waals surface area (Å²) in [5.41, 5.74) is 3.29. The van der Waals surface area contributed by atoms with Crippen molar-refractivity contribution in [3.05, 3.63) is 94.7 Å². The minimum Gasteiger partial charge on any atom is -0.455 e. The molecule has 1 amide bonds. The van der Waals surface area contributed by atoms with Crippen molar-refractivity contribution in [2.24, 2.45) is 10.2 Å². The Bertz CT molecular complexity index is 1180. The lowest BCUT2D eigenvalue weighted by atomic mass is 10.1.